The van der Waals surface area contributed by atoms with E-state index in [1.807, 2.05) is 0 Å². The van der Waals surface area contributed by atoms with Crippen molar-refractivity contribution < 1.29 is 4.74 Å². The van der Waals surface area contributed by atoms with E-state index < -0.39 is 0 Å². The summed E-state index contributed by atoms with van der Waals surface area (Å²) < 4.78 is 6.05. The highest BCUT2D eigenvalue weighted by atomic mass is 16.5. The van der Waals surface area contributed by atoms with Crippen LogP contribution in [0.4, 0.5) is 0 Å². The van der Waals surface area contributed by atoms with Gasteiger partial charge < -0.3 is 10.1 Å². The Morgan fingerprint density at radius 2 is 1.74 bits per heavy atom. The van der Waals surface area contributed by atoms with E-state index in [0.717, 1.165) is 31.0 Å². The number of ether oxygens (including phenoxy) is 1. The molecule has 0 bridgehead atoms. The second-order valence-corrected chi connectivity index (χ2v) is 6.90. The molecule has 0 aromatic heterocycles. The summed E-state index contributed by atoms with van der Waals surface area (Å²) in [5.74, 6) is 1.74. The number of hydrogen-bond donors (Lipinski definition) is 1. The molecular weight excluding hydrogens is 234 g/mol. The van der Waals surface area contributed by atoms with Gasteiger partial charge in [-0.2, -0.15) is 0 Å². The third-order valence-electron chi connectivity index (χ3n) is 5.26. The van der Waals surface area contributed by atoms with E-state index in [2.05, 4.69) is 19.2 Å². The third kappa shape index (κ3) is 5.43. The molecule has 112 valence electrons. The maximum absolute atomic E-state index is 6.05. The first kappa shape index (κ1) is 15.3. The highest BCUT2D eigenvalue weighted by Gasteiger charge is 2.24. The molecule has 0 heterocycles. The zero-order valence-electron chi connectivity index (χ0n) is 13.0. The molecule has 2 fully saturated rings. The molecule has 1 N–H and O–H groups in total. The van der Waals surface area contributed by atoms with Crippen LogP contribution < -0.4 is 5.32 Å². The van der Waals surface area contributed by atoms with E-state index in [-0.39, 0.29) is 0 Å². The molecule has 2 aliphatic rings. The highest BCUT2D eigenvalue weighted by molar-refractivity contribution is 4.76. The monoisotopic (exact) mass is 267 g/mol. The summed E-state index contributed by atoms with van der Waals surface area (Å²) in [4.78, 5) is 0. The van der Waals surface area contributed by atoms with Gasteiger partial charge >= 0.3 is 0 Å². The molecule has 0 saturated heterocycles. The molecule has 3 atom stereocenters. The number of hydrogen-bond acceptors (Lipinski definition) is 2. The van der Waals surface area contributed by atoms with Crippen molar-refractivity contribution in [2.24, 2.45) is 11.8 Å². The Morgan fingerprint density at radius 3 is 2.47 bits per heavy atom. The summed E-state index contributed by atoms with van der Waals surface area (Å²) in [7, 11) is 0. The molecule has 2 nitrogen and oxygen atoms in total. The molecule has 0 aromatic carbocycles. The highest BCUT2D eigenvalue weighted by Crippen LogP contribution is 2.30. The smallest absolute Gasteiger partial charge is 0.0577 e. The third-order valence-corrected chi connectivity index (χ3v) is 5.26. The summed E-state index contributed by atoms with van der Waals surface area (Å²) in [5.41, 5.74) is 0. The fraction of sp³-hybridized carbons (Fsp3) is 1.00. The van der Waals surface area contributed by atoms with Crippen molar-refractivity contribution >= 4 is 0 Å². The second-order valence-electron chi connectivity index (χ2n) is 6.90. The van der Waals surface area contributed by atoms with Gasteiger partial charge in [0.05, 0.1) is 6.10 Å². The Labute approximate surface area is 119 Å². The molecule has 0 aliphatic heterocycles. The molecule has 3 unspecified atom stereocenters. The van der Waals surface area contributed by atoms with E-state index in [1.165, 1.54) is 57.8 Å². The van der Waals surface area contributed by atoms with E-state index in [9.17, 15) is 0 Å². The summed E-state index contributed by atoms with van der Waals surface area (Å²) in [6.45, 7) is 6.86. The Kier molecular flexibility index (Phi) is 6.66. The molecule has 2 aliphatic carbocycles. The van der Waals surface area contributed by atoms with Gasteiger partial charge in [-0.15, -0.1) is 0 Å². The number of rotatable bonds is 6. The summed E-state index contributed by atoms with van der Waals surface area (Å²) in [6, 6.07) is 0.796. The minimum atomic E-state index is 0.542. The first-order valence-corrected chi connectivity index (χ1v) is 8.60. The Morgan fingerprint density at radius 1 is 0.947 bits per heavy atom. The van der Waals surface area contributed by atoms with Gasteiger partial charge in [-0.05, 0) is 56.9 Å². The second kappa shape index (κ2) is 8.26. The lowest BCUT2D eigenvalue weighted by atomic mass is 9.80. The Balaban J connectivity index is 1.47. The topological polar surface area (TPSA) is 21.3 Å². The molecule has 2 saturated carbocycles. The fourth-order valence-corrected chi connectivity index (χ4v) is 3.58. The van der Waals surface area contributed by atoms with Crippen molar-refractivity contribution in [2.75, 3.05) is 13.2 Å². The minimum Gasteiger partial charge on any atom is -0.378 e. The molecule has 0 aromatic rings. The first-order valence-electron chi connectivity index (χ1n) is 8.60. The predicted octanol–water partition coefficient (Wildman–Crippen LogP) is 4.14. The molecule has 19 heavy (non-hydrogen) atoms. The lowest BCUT2D eigenvalue weighted by molar-refractivity contribution is 0.00159. The summed E-state index contributed by atoms with van der Waals surface area (Å²) in [5, 5.41) is 3.70. The molecule has 2 heteroatoms. The van der Waals surface area contributed by atoms with Gasteiger partial charge in [0.2, 0.25) is 0 Å². The fourth-order valence-electron chi connectivity index (χ4n) is 3.58. The average Bonchev–Trinajstić information content (AvgIpc) is 2.43. The molecule has 2 rings (SSSR count). The molecule has 0 spiro atoms. The largest absolute Gasteiger partial charge is 0.378 e. The van der Waals surface area contributed by atoms with Crippen LogP contribution in [0.15, 0.2) is 0 Å². The maximum atomic E-state index is 6.05. The minimum absolute atomic E-state index is 0.542. The standard InChI is InChI=1S/C17H33NO/c1-14-9-10-17(13-15(14)2)19-12-6-11-18-16-7-4-3-5-8-16/h14-18H,3-13H2,1-2H3. The van der Waals surface area contributed by atoms with Crippen molar-refractivity contribution in [1.29, 1.82) is 0 Å². The van der Waals surface area contributed by atoms with E-state index in [0.29, 0.717) is 6.10 Å². The number of nitrogens with one attached hydrogen (secondary N) is 1. The lowest BCUT2D eigenvalue weighted by Crippen LogP contribution is -2.32. The van der Waals surface area contributed by atoms with Crippen LogP contribution in [0.1, 0.15) is 71.6 Å². The van der Waals surface area contributed by atoms with Crippen LogP contribution in [0, 0.1) is 11.8 Å². The van der Waals surface area contributed by atoms with Crippen LogP contribution in [0.25, 0.3) is 0 Å². The van der Waals surface area contributed by atoms with E-state index >= 15 is 0 Å². The SMILES string of the molecule is CC1CCC(OCCCNC2CCCCC2)CC1C. The van der Waals surface area contributed by atoms with Crippen LogP contribution in [0.2, 0.25) is 0 Å². The quantitative estimate of drug-likeness (QED) is 0.730. The average molecular weight is 267 g/mol. The first-order chi connectivity index (χ1) is 9.25. The molecular formula is C17H33NO. The van der Waals surface area contributed by atoms with Crippen LogP contribution in [-0.4, -0.2) is 25.3 Å². The van der Waals surface area contributed by atoms with Gasteiger partial charge in [0.15, 0.2) is 0 Å². The van der Waals surface area contributed by atoms with Gasteiger partial charge in [-0.1, -0.05) is 33.1 Å². The van der Waals surface area contributed by atoms with Gasteiger partial charge in [0.25, 0.3) is 0 Å². The van der Waals surface area contributed by atoms with Crippen LogP contribution in [0.5, 0.6) is 0 Å². The van der Waals surface area contributed by atoms with Crippen molar-refractivity contribution in [3.63, 3.8) is 0 Å². The van der Waals surface area contributed by atoms with Gasteiger partial charge in [-0.25, -0.2) is 0 Å². The summed E-state index contributed by atoms with van der Waals surface area (Å²) in [6.07, 6.45) is 12.7. The zero-order valence-corrected chi connectivity index (χ0v) is 13.0. The predicted molar refractivity (Wildman–Crippen MR) is 81.4 cm³/mol. The Hall–Kier alpha value is -0.0800. The van der Waals surface area contributed by atoms with E-state index in [1.54, 1.807) is 0 Å². The van der Waals surface area contributed by atoms with Gasteiger partial charge in [0.1, 0.15) is 0 Å². The molecule has 0 radical (unpaired) electrons. The van der Waals surface area contributed by atoms with Gasteiger partial charge in [0, 0.05) is 12.6 Å². The van der Waals surface area contributed by atoms with Crippen molar-refractivity contribution in [1.82, 2.24) is 5.32 Å². The van der Waals surface area contributed by atoms with Crippen molar-refractivity contribution in [2.45, 2.75) is 83.8 Å². The van der Waals surface area contributed by atoms with Crippen LogP contribution in [0.3, 0.4) is 0 Å². The maximum Gasteiger partial charge on any atom is 0.0577 e. The molecule has 0 amide bonds. The normalized spacial score (nSPS) is 33.5. The Bertz CT molecular complexity index is 237. The summed E-state index contributed by atoms with van der Waals surface area (Å²) >= 11 is 0. The lowest BCUT2D eigenvalue weighted by Gasteiger charge is -2.32. The van der Waals surface area contributed by atoms with Crippen molar-refractivity contribution in [3.8, 4) is 0 Å². The zero-order chi connectivity index (χ0) is 13.5. The van der Waals surface area contributed by atoms with Crippen molar-refractivity contribution in [3.05, 3.63) is 0 Å². The van der Waals surface area contributed by atoms with Gasteiger partial charge in [-0.3, -0.25) is 0 Å². The van der Waals surface area contributed by atoms with Crippen LogP contribution >= 0.6 is 0 Å². The van der Waals surface area contributed by atoms with E-state index in [4.69, 9.17) is 4.74 Å². The van der Waals surface area contributed by atoms with Crippen LogP contribution in [-0.2, 0) is 4.74 Å².